The third-order valence-corrected chi connectivity index (χ3v) is 3.24. The van der Waals surface area contributed by atoms with Crippen molar-refractivity contribution in [1.29, 1.82) is 0 Å². The van der Waals surface area contributed by atoms with Crippen molar-refractivity contribution in [3.8, 4) is 0 Å². The highest BCUT2D eigenvalue weighted by atomic mass is 79.9. The van der Waals surface area contributed by atoms with Gasteiger partial charge in [-0.2, -0.15) is 0 Å². The summed E-state index contributed by atoms with van der Waals surface area (Å²) in [6, 6.07) is 0. The Kier molecular flexibility index (Phi) is 4.39. The summed E-state index contributed by atoms with van der Waals surface area (Å²) >= 11 is 6.93. The maximum atomic E-state index is 3.57. The van der Waals surface area contributed by atoms with E-state index in [1.807, 2.05) is 0 Å². The average molecular weight is 257 g/mol. The van der Waals surface area contributed by atoms with Crippen molar-refractivity contribution < 1.29 is 0 Å². The van der Waals surface area contributed by atoms with E-state index in [4.69, 9.17) is 0 Å². The van der Waals surface area contributed by atoms with Crippen LogP contribution in [0.3, 0.4) is 0 Å². The van der Waals surface area contributed by atoms with Crippen molar-refractivity contribution in [1.82, 2.24) is 0 Å². The molecule has 0 aliphatic rings. The lowest BCUT2D eigenvalue weighted by Gasteiger charge is -2.24. The first-order valence-electron chi connectivity index (χ1n) is 3.02. The average Bonchev–Trinajstić information content (AvgIpc) is 1.64. The van der Waals surface area contributed by atoms with E-state index in [2.05, 4.69) is 59.1 Å². The summed E-state index contributed by atoms with van der Waals surface area (Å²) in [5, 5.41) is 0.959. The predicted molar refractivity (Wildman–Crippen MR) is 50.3 cm³/mol. The zero-order valence-electron chi connectivity index (χ0n) is 6.12. The predicted octanol–water partition coefficient (Wildman–Crippen LogP) is 3.40. The second-order valence-electron chi connectivity index (χ2n) is 3.16. The molecule has 0 saturated heterocycles. The van der Waals surface area contributed by atoms with E-state index in [0.717, 1.165) is 5.33 Å². The Morgan fingerprint density at radius 1 is 1.44 bits per heavy atom. The molecule has 0 bridgehead atoms. The van der Waals surface area contributed by atoms with Crippen LogP contribution in [0.5, 0.6) is 0 Å². The first kappa shape index (κ1) is 9.96. The molecule has 0 aliphatic heterocycles. The van der Waals surface area contributed by atoms with Crippen molar-refractivity contribution in [3.63, 3.8) is 0 Å². The molecule has 0 N–H and O–H groups in total. The molecule has 9 heavy (non-hydrogen) atoms. The standard InChI is InChI=1S/C7H13Br2/c1-7(2,3)6(9)4-5-8/h4,6H,5H2,1-3H3. The number of hydrogen-bond acceptors (Lipinski definition) is 0. The number of hydrogen-bond donors (Lipinski definition) is 0. The minimum atomic E-state index is 0.341. The largest absolute Gasteiger partial charge is 0.0925 e. The maximum Gasteiger partial charge on any atom is 0.0233 e. The van der Waals surface area contributed by atoms with Gasteiger partial charge < -0.3 is 0 Å². The quantitative estimate of drug-likeness (QED) is 0.665. The molecule has 0 nitrogen and oxygen atoms in total. The van der Waals surface area contributed by atoms with Crippen molar-refractivity contribution in [2.24, 2.45) is 5.41 Å². The Labute approximate surface area is 74.7 Å². The second-order valence-corrected chi connectivity index (χ2v) is 4.79. The van der Waals surface area contributed by atoms with Crippen LogP contribution >= 0.6 is 31.9 Å². The topological polar surface area (TPSA) is 0 Å². The Morgan fingerprint density at radius 3 is 2.00 bits per heavy atom. The summed E-state index contributed by atoms with van der Waals surface area (Å²) in [5.41, 5.74) is 0.341. The maximum absolute atomic E-state index is 3.57. The number of rotatable bonds is 2. The minimum Gasteiger partial charge on any atom is -0.0925 e. The fourth-order valence-corrected chi connectivity index (χ4v) is 1.49. The van der Waals surface area contributed by atoms with Gasteiger partial charge in [0.1, 0.15) is 0 Å². The highest BCUT2D eigenvalue weighted by Gasteiger charge is 2.20. The van der Waals surface area contributed by atoms with Gasteiger partial charge in [0.15, 0.2) is 0 Å². The molecule has 0 heterocycles. The van der Waals surface area contributed by atoms with Crippen LogP contribution in [0.15, 0.2) is 0 Å². The summed E-state index contributed by atoms with van der Waals surface area (Å²) in [7, 11) is 0. The molecule has 55 valence electrons. The van der Waals surface area contributed by atoms with E-state index in [1.54, 1.807) is 0 Å². The number of alkyl halides is 2. The highest BCUT2D eigenvalue weighted by molar-refractivity contribution is 9.10. The fraction of sp³-hybridized carbons (Fsp3) is 0.857. The van der Waals surface area contributed by atoms with Crippen LogP contribution in [0.1, 0.15) is 20.8 Å². The van der Waals surface area contributed by atoms with E-state index < -0.39 is 0 Å². The molecule has 0 saturated carbocycles. The van der Waals surface area contributed by atoms with Crippen molar-refractivity contribution >= 4 is 31.9 Å². The van der Waals surface area contributed by atoms with Crippen LogP contribution < -0.4 is 0 Å². The molecule has 2 heteroatoms. The molecular weight excluding hydrogens is 244 g/mol. The SMILES string of the molecule is CC(C)(C)C(Br)[CH]CBr. The highest BCUT2D eigenvalue weighted by Crippen LogP contribution is 2.28. The fourth-order valence-electron chi connectivity index (χ4n) is 0.432. The first-order chi connectivity index (χ1) is 3.98. The third kappa shape index (κ3) is 4.38. The van der Waals surface area contributed by atoms with E-state index in [-0.39, 0.29) is 0 Å². The van der Waals surface area contributed by atoms with Gasteiger partial charge >= 0.3 is 0 Å². The normalized spacial score (nSPS) is 15.7. The van der Waals surface area contributed by atoms with Gasteiger partial charge in [0, 0.05) is 10.2 Å². The Morgan fingerprint density at radius 2 is 1.89 bits per heavy atom. The van der Waals surface area contributed by atoms with Gasteiger partial charge in [0.2, 0.25) is 0 Å². The number of halogens is 2. The monoisotopic (exact) mass is 255 g/mol. The Hall–Kier alpha value is 0.960. The van der Waals surface area contributed by atoms with Gasteiger partial charge in [0.25, 0.3) is 0 Å². The van der Waals surface area contributed by atoms with Crippen molar-refractivity contribution in [2.45, 2.75) is 25.6 Å². The molecule has 0 aromatic rings. The van der Waals surface area contributed by atoms with Crippen LogP contribution in [0.25, 0.3) is 0 Å². The molecular formula is C7H13Br2. The lowest BCUT2D eigenvalue weighted by molar-refractivity contribution is 0.425. The lowest BCUT2D eigenvalue weighted by Crippen LogP contribution is -2.20. The van der Waals surface area contributed by atoms with Crippen LogP contribution in [-0.2, 0) is 0 Å². The smallest absolute Gasteiger partial charge is 0.0233 e. The molecule has 0 amide bonds. The van der Waals surface area contributed by atoms with Gasteiger partial charge in [-0.15, -0.1) is 0 Å². The van der Waals surface area contributed by atoms with Crippen molar-refractivity contribution in [3.05, 3.63) is 6.42 Å². The zero-order valence-corrected chi connectivity index (χ0v) is 9.29. The van der Waals surface area contributed by atoms with E-state index in [9.17, 15) is 0 Å². The molecule has 0 spiro atoms. The van der Waals surface area contributed by atoms with Crippen LogP contribution in [0, 0.1) is 11.8 Å². The Bertz CT molecular complexity index is 73.5. The Balaban J connectivity index is 3.59. The van der Waals surface area contributed by atoms with Gasteiger partial charge in [-0.1, -0.05) is 52.6 Å². The molecule has 0 aromatic heterocycles. The van der Waals surface area contributed by atoms with Crippen LogP contribution in [0.4, 0.5) is 0 Å². The molecule has 0 rings (SSSR count). The van der Waals surface area contributed by atoms with E-state index in [0.29, 0.717) is 10.2 Å². The molecule has 1 unspecified atom stereocenters. The van der Waals surface area contributed by atoms with Gasteiger partial charge in [-0.3, -0.25) is 0 Å². The van der Waals surface area contributed by atoms with Crippen LogP contribution in [0.2, 0.25) is 0 Å². The second kappa shape index (κ2) is 3.97. The van der Waals surface area contributed by atoms with Gasteiger partial charge in [0.05, 0.1) is 0 Å². The lowest BCUT2D eigenvalue weighted by atomic mass is 9.91. The van der Waals surface area contributed by atoms with E-state index in [1.165, 1.54) is 0 Å². The molecule has 0 fully saturated rings. The van der Waals surface area contributed by atoms with Gasteiger partial charge in [-0.25, -0.2) is 0 Å². The zero-order chi connectivity index (χ0) is 7.49. The molecule has 0 aromatic carbocycles. The molecule has 0 aliphatic carbocycles. The summed E-state index contributed by atoms with van der Waals surface area (Å²) in [6.07, 6.45) is 2.21. The minimum absolute atomic E-state index is 0.341. The molecule has 1 radical (unpaired) electrons. The summed E-state index contributed by atoms with van der Waals surface area (Å²) in [5.74, 6) is 0. The van der Waals surface area contributed by atoms with Gasteiger partial charge in [-0.05, 0) is 11.8 Å². The summed E-state index contributed by atoms with van der Waals surface area (Å²) in [4.78, 5) is 0.504. The summed E-state index contributed by atoms with van der Waals surface area (Å²) in [6.45, 7) is 6.64. The van der Waals surface area contributed by atoms with Crippen molar-refractivity contribution in [2.75, 3.05) is 5.33 Å². The third-order valence-electron chi connectivity index (χ3n) is 1.12. The van der Waals surface area contributed by atoms with E-state index >= 15 is 0 Å². The summed E-state index contributed by atoms with van der Waals surface area (Å²) < 4.78 is 0. The first-order valence-corrected chi connectivity index (χ1v) is 5.05. The molecule has 1 atom stereocenters. The van der Waals surface area contributed by atoms with Crippen LogP contribution in [-0.4, -0.2) is 10.2 Å².